The van der Waals surface area contributed by atoms with Gasteiger partial charge in [0.15, 0.2) is 0 Å². The zero-order valence-corrected chi connectivity index (χ0v) is 9.84. The first-order valence-corrected chi connectivity index (χ1v) is 6.25. The Morgan fingerprint density at radius 3 is 2.00 bits per heavy atom. The van der Waals surface area contributed by atoms with E-state index in [-0.39, 0.29) is 0 Å². The van der Waals surface area contributed by atoms with E-state index in [1.165, 1.54) is 29.5 Å². The standard InChI is InChI=1S/C17H16/c1-3-7-14(8-4-1)13-17(16-11-12-16)15-9-5-2-6-10-15/h1-10,13,16H,11-12H2/b17-13+. The van der Waals surface area contributed by atoms with Crippen molar-refractivity contribution in [3.05, 3.63) is 71.8 Å². The molecule has 0 N–H and O–H groups in total. The van der Waals surface area contributed by atoms with Crippen molar-refractivity contribution in [2.45, 2.75) is 12.8 Å². The van der Waals surface area contributed by atoms with Crippen molar-refractivity contribution in [3.8, 4) is 0 Å². The molecule has 0 heteroatoms. The van der Waals surface area contributed by atoms with E-state index in [1.807, 2.05) is 0 Å². The highest BCUT2D eigenvalue weighted by molar-refractivity contribution is 5.83. The van der Waals surface area contributed by atoms with Crippen LogP contribution in [0.25, 0.3) is 11.6 Å². The summed E-state index contributed by atoms with van der Waals surface area (Å²) in [5.41, 5.74) is 4.17. The van der Waals surface area contributed by atoms with Gasteiger partial charge in [0.25, 0.3) is 0 Å². The van der Waals surface area contributed by atoms with Crippen LogP contribution in [0.4, 0.5) is 0 Å². The second-order valence-corrected chi connectivity index (χ2v) is 4.65. The number of hydrogen-bond donors (Lipinski definition) is 0. The SMILES string of the molecule is C(=C(/c1ccccc1)C1CC1)/c1ccccc1. The molecule has 0 spiro atoms. The molecular formula is C17H16. The number of allylic oxidation sites excluding steroid dienone is 1. The third-order valence-corrected chi connectivity index (χ3v) is 3.25. The lowest BCUT2D eigenvalue weighted by Gasteiger charge is -2.06. The summed E-state index contributed by atoms with van der Waals surface area (Å²) >= 11 is 0. The van der Waals surface area contributed by atoms with E-state index in [4.69, 9.17) is 0 Å². The van der Waals surface area contributed by atoms with Gasteiger partial charge in [0.05, 0.1) is 0 Å². The Hall–Kier alpha value is -1.82. The lowest BCUT2D eigenvalue weighted by molar-refractivity contribution is 1.15. The molecule has 3 rings (SSSR count). The van der Waals surface area contributed by atoms with Gasteiger partial charge in [0.2, 0.25) is 0 Å². The van der Waals surface area contributed by atoms with Gasteiger partial charge in [-0.2, -0.15) is 0 Å². The lowest BCUT2D eigenvalue weighted by atomic mass is 9.99. The Labute approximate surface area is 103 Å². The maximum Gasteiger partial charge on any atom is -0.0155 e. The molecule has 0 aromatic heterocycles. The fourth-order valence-corrected chi connectivity index (χ4v) is 2.19. The van der Waals surface area contributed by atoms with Crippen LogP contribution in [-0.2, 0) is 0 Å². The van der Waals surface area contributed by atoms with Crippen molar-refractivity contribution in [1.82, 2.24) is 0 Å². The summed E-state index contributed by atoms with van der Waals surface area (Å²) in [6.07, 6.45) is 5.02. The van der Waals surface area contributed by atoms with Gasteiger partial charge in [0, 0.05) is 0 Å². The lowest BCUT2D eigenvalue weighted by Crippen LogP contribution is -1.86. The number of hydrogen-bond acceptors (Lipinski definition) is 0. The normalized spacial score (nSPS) is 15.9. The van der Waals surface area contributed by atoms with E-state index in [0.717, 1.165) is 5.92 Å². The van der Waals surface area contributed by atoms with Crippen LogP contribution in [0.15, 0.2) is 60.7 Å². The zero-order valence-electron chi connectivity index (χ0n) is 9.84. The Morgan fingerprint density at radius 1 is 0.824 bits per heavy atom. The summed E-state index contributed by atoms with van der Waals surface area (Å²) in [5.74, 6) is 0.776. The minimum absolute atomic E-state index is 0.776. The summed E-state index contributed by atoms with van der Waals surface area (Å²) in [4.78, 5) is 0. The quantitative estimate of drug-likeness (QED) is 0.661. The van der Waals surface area contributed by atoms with Crippen LogP contribution < -0.4 is 0 Å². The maximum absolute atomic E-state index is 2.34. The molecule has 17 heavy (non-hydrogen) atoms. The van der Waals surface area contributed by atoms with Crippen LogP contribution in [0.2, 0.25) is 0 Å². The van der Waals surface area contributed by atoms with Gasteiger partial charge in [-0.3, -0.25) is 0 Å². The maximum atomic E-state index is 2.34. The van der Waals surface area contributed by atoms with E-state index in [9.17, 15) is 0 Å². The average Bonchev–Trinajstić information content (AvgIpc) is 3.23. The van der Waals surface area contributed by atoms with Crippen LogP contribution in [-0.4, -0.2) is 0 Å². The van der Waals surface area contributed by atoms with E-state index in [1.54, 1.807) is 0 Å². The highest BCUT2D eigenvalue weighted by Crippen LogP contribution is 2.42. The van der Waals surface area contributed by atoms with Gasteiger partial charge in [-0.25, -0.2) is 0 Å². The first-order valence-electron chi connectivity index (χ1n) is 6.25. The molecule has 84 valence electrons. The molecular weight excluding hydrogens is 204 g/mol. The molecule has 0 saturated heterocycles. The molecule has 1 aliphatic rings. The fourth-order valence-electron chi connectivity index (χ4n) is 2.19. The monoisotopic (exact) mass is 220 g/mol. The third kappa shape index (κ3) is 2.47. The van der Waals surface area contributed by atoms with Crippen molar-refractivity contribution in [3.63, 3.8) is 0 Å². The molecule has 1 aliphatic carbocycles. The second-order valence-electron chi connectivity index (χ2n) is 4.65. The Kier molecular flexibility index (Phi) is 2.79. The van der Waals surface area contributed by atoms with Crippen molar-refractivity contribution >= 4 is 11.6 Å². The van der Waals surface area contributed by atoms with Crippen LogP contribution in [0.3, 0.4) is 0 Å². The van der Waals surface area contributed by atoms with Crippen LogP contribution in [0.1, 0.15) is 24.0 Å². The van der Waals surface area contributed by atoms with E-state index in [2.05, 4.69) is 66.7 Å². The molecule has 0 bridgehead atoms. The largest absolute Gasteiger partial charge is 0.0622 e. The first-order chi connectivity index (χ1) is 8.43. The second kappa shape index (κ2) is 4.58. The first kappa shape index (κ1) is 10.3. The predicted molar refractivity (Wildman–Crippen MR) is 73.5 cm³/mol. The van der Waals surface area contributed by atoms with Crippen molar-refractivity contribution in [1.29, 1.82) is 0 Å². The topological polar surface area (TPSA) is 0 Å². The molecule has 2 aromatic carbocycles. The molecule has 1 saturated carbocycles. The van der Waals surface area contributed by atoms with Gasteiger partial charge < -0.3 is 0 Å². The molecule has 2 aromatic rings. The molecule has 1 fully saturated rings. The van der Waals surface area contributed by atoms with Gasteiger partial charge in [-0.15, -0.1) is 0 Å². The average molecular weight is 220 g/mol. The minimum atomic E-state index is 0.776. The van der Waals surface area contributed by atoms with E-state index < -0.39 is 0 Å². The summed E-state index contributed by atoms with van der Waals surface area (Å²) in [6.45, 7) is 0. The van der Waals surface area contributed by atoms with Crippen molar-refractivity contribution < 1.29 is 0 Å². The predicted octanol–water partition coefficient (Wildman–Crippen LogP) is 4.64. The fraction of sp³-hybridized carbons (Fsp3) is 0.176. The number of benzene rings is 2. The van der Waals surface area contributed by atoms with Gasteiger partial charge in [-0.1, -0.05) is 66.7 Å². The molecule has 0 amide bonds. The Bertz CT molecular complexity index is 504. The van der Waals surface area contributed by atoms with Crippen molar-refractivity contribution in [2.75, 3.05) is 0 Å². The Balaban J connectivity index is 1.99. The molecule has 0 atom stereocenters. The summed E-state index contributed by atoms with van der Waals surface area (Å²) < 4.78 is 0. The smallest absolute Gasteiger partial charge is 0.0155 e. The zero-order chi connectivity index (χ0) is 11.5. The van der Waals surface area contributed by atoms with Crippen molar-refractivity contribution in [2.24, 2.45) is 5.92 Å². The van der Waals surface area contributed by atoms with E-state index in [0.29, 0.717) is 0 Å². The third-order valence-electron chi connectivity index (χ3n) is 3.25. The van der Waals surface area contributed by atoms with Gasteiger partial charge >= 0.3 is 0 Å². The molecule has 0 unspecified atom stereocenters. The Morgan fingerprint density at radius 2 is 1.41 bits per heavy atom. The summed E-state index contributed by atoms with van der Waals surface area (Å²) in [5, 5.41) is 0. The van der Waals surface area contributed by atoms with Crippen LogP contribution in [0, 0.1) is 5.92 Å². The molecule has 0 nitrogen and oxygen atoms in total. The van der Waals surface area contributed by atoms with Crippen LogP contribution >= 0.6 is 0 Å². The van der Waals surface area contributed by atoms with E-state index >= 15 is 0 Å². The molecule has 0 radical (unpaired) electrons. The number of rotatable bonds is 3. The highest BCUT2D eigenvalue weighted by Gasteiger charge is 2.26. The molecule has 0 aliphatic heterocycles. The minimum Gasteiger partial charge on any atom is -0.0622 e. The van der Waals surface area contributed by atoms with Crippen LogP contribution in [0.5, 0.6) is 0 Å². The highest BCUT2D eigenvalue weighted by atomic mass is 14.3. The van der Waals surface area contributed by atoms with Gasteiger partial charge in [0.1, 0.15) is 0 Å². The summed E-state index contributed by atoms with van der Waals surface area (Å²) in [6, 6.07) is 21.4. The molecule has 0 heterocycles. The summed E-state index contributed by atoms with van der Waals surface area (Å²) in [7, 11) is 0. The van der Waals surface area contributed by atoms with Gasteiger partial charge in [-0.05, 0) is 35.5 Å².